The van der Waals surface area contributed by atoms with Crippen LogP contribution in [0.4, 0.5) is 5.69 Å². The standard InChI is InChI=1S/C18H11N3O/c19-11-7-8-14-15(9-11)21-17(20-14)12-5-1-3-10-4-2-6-13(16(10)12)18(21)22/h1-9H,19H2. The van der Waals surface area contributed by atoms with Crippen molar-refractivity contribution in [1.82, 2.24) is 9.38 Å². The molecule has 4 nitrogen and oxygen atoms in total. The minimum atomic E-state index is -0.0487. The van der Waals surface area contributed by atoms with E-state index in [-0.39, 0.29) is 5.56 Å². The van der Waals surface area contributed by atoms with E-state index in [0.29, 0.717) is 16.7 Å². The van der Waals surface area contributed by atoms with Gasteiger partial charge in [0.1, 0.15) is 5.65 Å². The van der Waals surface area contributed by atoms with E-state index in [0.717, 1.165) is 27.2 Å². The molecule has 0 saturated carbocycles. The highest BCUT2D eigenvalue weighted by Gasteiger charge is 2.15. The largest absolute Gasteiger partial charge is 0.399 e. The number of fused-ring (bicyclic) bond motifs is 4. The van der Waals surface area contributed by atoms with Crippen LogP contribution in [0.1, 0.15) is 0 Å². The number of nitrogens with two attached hydrogens (primary N) is 1. The van der Waals surface area contributed by atoms with Gasteiger partial charge >= 0.3 is 0 Å². The zero-order valence-corrected chi connectivity index (χ0v) is 11.6. The zero-order valence-electron chi connectivity index (χ0n) is 11.6. The zero-order chi connectivity index (χ0) is 14.8. The van der Waals surface area contributed by atoms with Crippen molar-refractivity contribution < 1.29 is 0 Å². The molecule has 0 atom stereocenters. The number of nitrogens with zero attached hydrogens (tertiary/aromatic N) is 2. The van der Waals surface area contributed by atoms with Crippen molar-refractivity contribution in [1.29, 1.82) is 0 Å². The fourth-order valence-corrected chi connectivity index (χ4v) is 3.30. The van der Waals surface area contributed by atoms with E-state index in [1.54, 1.807) is 16.5 Å². The van der Waals surface area contributed by atoms with Crippen LogP contribution < -0.4 is 11.3 Å². The molecule has 0 unspecified atom stereocenters. The molecule has 22 heavy (non-hydrogen) atoms. The summed E-state index contributed by atoms with van der Waals surface area (Å²) in [6.45, 7) is 0. The van der Waals surface area contributed by atoms with Crippen LogP contribution in [0.3, 0.4) is 0 Å². The highest BCUT2D eigenvalue weighted by molar-refractivity contribution is 6.15. The number of imidazole rings is 1. The van der Waals surface area contributed by atoms with Gasteiger partial charge < -0.3 is 5.73 Å². The number of rotatable bonds is 0. The van der Waals surface area contributed by atoms with Gasteiger partial charge in [-0.15, -0.1) is 0 Å². The highest BCUT2D eigenvalue weighted by Crippen LogP contribution is 2.29. The lowest BCUT2D eigenvalue weighted by Crippen LogP contribution is -2.13. The Morgan fingerprint density at radius 2 is 1.73 bits per heavy atom. The number of hydrogen-bond donors (Lipinski definition) is 1. The molecule has 0 aliphatic rings. The lowest BCUT2D eigenvalue weighted by atomic mass is 10.0. The average molecular weight is 285 g/mol. The predicted molar refractivity (Wildman–Crippen MR) is 89.6 cm³/mol. The lowest BCUT2D eigenvalue weighted by Gasteiger charge is -2.06. The average Bonchev–Trinajstić information content (AvgIpc) is 2.91. The van der Waals surface area contributed by atoms with E-state index >= 15 is 0 Å². The summed E-state index contributed by atoms with van der Waals surface area (Å²) in [5.41, 5.74) is 8.68. The molecular formula is C18H11N3O. The lowest BCUT2D eigenvalue weighted by molar-refractivity contribution is 1.19. The van der Waals surface area contributed by atoms with Gasteiger partial charge in [-0.1, -0.05) is 30.3 Å². The van der Waals surface area contributed by atoms with Gasteiger partial charge in [0.25, 0.3) is 5.56 Å². The molecule has 0 aliphatic carbocycles. The molecule has 0 saturated heterocycles. The summed E-state index contributed by atoms with van der Waals surface area (Å²) >= 11 is 0. The maximum Gasteiger partial charge on any atom is 0.264 e. The van der Waals surface area contributed by atoms with Crippen molar-refractivity contribution >= 4 is 43.9 Å². The van der Waals surface area contributed by atoms with Crippen molar-refractivity contribution in [2.45, 2.75) is 0 Å². The van der Waals surface area contributed by atoms with Gasteiger partial charge in [0.2, 0.25) is 0 Å². The van der Waals surface area contributed by atoms with Crippen LogP contribution in [0.25, 0.3) is 38.2 Å². The van der Waals surface area contributed by atoms with Crippen LogP contribution in [0.2, 0.25) is 0 Å². The number of hydrogen-bond acceptors (Lipinski definition) is 3. The summed E-state index contributed by atoms with van der Waals surface area (Å²) in [5.74, 6) is 0. The predicted octanol–water partition coefficient (Wildman–Crippen LogP) is 3.17. The van der Waals surface area contributed by atoms with E-state index in [9.17, 15) is 4.79 Å². The summed E-state index contributed by atoms with van der Waals surface area (Å²) in [5, 5.41) is 3.73. The first-order valence-electron chi connectivity index (χ1n) is 7.09. The van der Waals surface area contributed by atoms with Gasteiger partial charge in [-0.05, 0) is 29.7 Å². The molecule has 3 aromatic carbocycles. The maximum absolute atomic E-state index is 13.0. The molecule has 0 aliphatic heterocycles. The Morgan fingerprint density at radius 3 is 2.55 bits per heavy atom. The molecule has 5 rings (SSSR count). The van der Waals surface area contributed by atoms with Gasteiger partial charge in [0.05, 0.1) is 11.0 Å². The van der Waals surface area contributed by atoms with Crippen LogP contribution in [0.5, 0.6) is 0 Å². The molecule has 4 heteroatoms. The van der Waals surface area contributed by atoms with Crippen molar-refractivity contribution in [2.75, 3.05) is 5.73 Å². The summed E-state index contributed by atoms with van der Waals surface area (Å²) < 4.78 is 1.67. The molecule has 2 heterocycles. The second-order valence-electron chi connectivity index (χ2n) is 5.53. The van der Waals surface area contributed by atoms with E-state index in [4.69, 9.17) is 5.73 Å². The SMILES string of the molecule is Nc1ccc2nc3c4cccc5cccc(c(=O)n3c2c1)c54. The quantitative estimate of drug-likeness (QED) is 0.444. The Kier molecular flexibility index (Phi) is 1.96. The molecule has 104 valence electrons. The third-order valence-electron chi connectivity index (χ3n) is 4.26. The van der Waals surface area contributed by atoms with Gasteiger partial charge in [-0.3, -0.25) is 9.20 Å². The third-order valence-corrected chi connectivity index (χ3v) is 4.26. The first kappa shape index (κ1) is 11.5. The third kappa shape index (κ3) is 1.27. The maximum atomic E-state index is 13.0. The Balaban J connectivity index is 2.23. The van der Waals surface area contributed by atoms with Crippen LogP contribution >= 0.6 is 0 Å². The normalized spacial score (nSPS) is 12.0. The molecule has 0 amide bonds. The van der Waals surface area contributed by atoms with Crippen molar-refractivity contribution in [3.05, 3.63) is 65.0 Å². The summed E-state index contributed by atoms with van der Waals surface area (Å²) in [4.78, 5) is 17.6. The minimum absolute atomic E-state index is 0.0487. The number of pyridine rings is 1. The van der Waals surface area contributed by atoms with Crippen LogP contribution in [-0.4, -0.2) is 9.38 Å². The van der Waals surface area contributed by atoms with E-state index < -0.39 is 0 Å². The molecule has 0 fully saturated rings. The van der Waals surface area contributed by atoms with Crippen LogP contribution in [-0.2, 0) is 0 Å². The van der Waals surface area contributed by atoms with Gasteiger partial charge in [-0.25, -0.2) is 4.98 Å². The minimum Gasteiger partial charge on any atom is -0.399 e. The molecule has 2 aromatic heterocycles. The van der Waals surface area contributed by atoms with Gasteiger partial charge in [-0.2, -0.15) is 0 Å². The second kappa shape index (κ2) is 3.74. The fourth-order valence-electron chi connectivity index (χ4n) is 3.30. The van der Waals surface area contributed by atoms with E-state index in [1.165, 1.54) is 0 Å². The number of anilines is 1. The molecule has 5 aromatic rings. The molecule has 0 bridgehead atoms. The summed E-state index contributed by atoms with van der Waals surface area (Å²) in [6, 6.07) is 17.3. The Labute approximate surface area is 124 Å². The highest BCUT2D eigenvalue weighted by atomic mass is 16.1. The Morgan fingerprint density at radius 1 is 0.955 bits per heavy atom. The Bertz CT molecular complexity index is 1250. The van der Waals surface area contributed by atoms with E-state index in [1.807, 2.05) is 42.5 Å². The van der Waals surface area contributed by atoms with Crippen molar-refractivity contribution in [2.24, 2.45) is 0 Å². The van der Waals surface area contributed by atoms with Crippen molar-refractivity contribution in [3.8, 4) is 0 Å². The van der Waals surface area contributed by atoms with Crippen LogP contribution in [0.15, 0.2) is 59.4 Å². The summed E-state index contributed by atoms with van der Waals surface area (Å²) in [7, 11) is 0. The first-order chi connectivity index (χ1) is 10.7. The van der Waals surface area contributed by atoms with Gasteiger partial charge in [0.15, 0.2) is 0 Å². The van der Waals surface area contributed by atoms with Crippen LogP contribution in [0, 0.1) is 0 Å². The monoisotopic (exact) mass is 285 g/mol. The number of nitrogen functional groups attached to an aromatic ring is 1. The van der Waals surface area contributed by atoms with Crippen molar-refractivity contribution in [3.63, 3.8) is 0 Å². The first-order valence-corrected chi connectivity index (χ1v) is 7.09. The van der Waals surface area contributed by atoms with Gasteiger partial charge in [0, 0.05) is 21.8 Å². The van der Waals surface area contributed by atoms with E-state index in [2.05, 4.69) is 4.98 Å². The molecule has 0 spiro atoms. The molecule has 0 radical (unpaired) electrons. The number of aromatic nitrogens is 2. The summed E-state index contributed by atoms with van der Waals surface area (Å²) in [6.07, 6.45) is 0. The smallest absolute Gasteiger partial charge is 0.264 e. The molecular weight excluding hydrogens is 274 g/mol. The fraction of sp³-hybridized carbons (Fsp3) is 0. The Hall–Kier alpha value is -3.14. The topological polar surface area (TPSA) is 60.4 Å². The second-order valence-corrected chi connectivity index (χ2v) is 5.53. The number of benzene rings is 3. The molecule has 2 N–H and O–H groups in total.